The highest BCUT2D eigenvalue weighted by molar-refractivity contribution is 5.96. The van der Waals surface area contributed by atoms with Crippen LogP contribution in [0.3, 0.4) is 0 Å². The molecule has 2 amide bonds. The van der Waals surface area contributed by atoms with Crippen LogP contribution in [0.25, 0.3) is 0 Å². The summed E-state index contributed by atoms with van der Waals surface area (Å²) in [6.45, 7) is 3.32. The normalized spacial score (nSPS) is 18.6. The van der Waals surface area contributed by atoms with Crippen molar-refractivity contribution in [3.8, 4) is 0 Å². The summed E-state index contributed by atoms with van der Waals surface area (Å²) in [7, 11) is 0. The molecule has 1 N–H and O–H groups in total. The Balaban J connectivity index is 1.58. The monoisotopic (exact) mass is 422 g/mol. The molecule has 166 valence electrons. The van der Waals surface area contributed by atoms with Crippen LogP contribution in [-0.2, 0) is 20.7 Å². The first kappa shape index (κ1) is 22.2. The molecule has 30 heavy (non-hydrogen) atoms. The molecule has 1 saturated heterocycles. The molecule has 1 unspecified atom stereocenters. The van der Waals surface area contributed by atoms with E-state index in [1.165, 1.54) is 6.42 Å². The molecule has 0 aromatic carbocycles. The van der Waals surface area contributed by atoms with Gasteiger partial charge in [0.15, 0.2) is 6.10 Å². The molecule has 0 radical (unpaired) electrons. The zero-order valence-corrected chi connectivity index (χ0v) is 17.4. The molecule has 0 spiro atoms. The number of carbonyl (C=O) groups is 3. The Hall–Kier alpha value is -2.49. The first-order valence-corrected chi connectivity index (χ1v) is 10.7. The number of aromatic nitrogens is 2. The molecule has 3 rings (SSSR count). The zero-order valence-electron chi connectivity index (χ0n) is 17.4. The summed E-state index contributed by atoms with van der Waals surface area (Å²) in [6, 6.07) is 0. The van der Waals surface area contributed by atoms with Crippen molar-refractivity contribution in [1.29, 1.82) is 0 Å². The van der Waals surface area contributed by atoms with E-state index in [4.69, 9.17) is 13.9 Å². The van der Waals surface area contributed by atoms with Gasteiger partial charge in [-0.2, -0.15) is 0 Å². The number of ketones is 1. The minimum atomic E-state index is -0.940. The lowest BCUT2D eigenvalue weighted by atomic mass is 9.85. The summed E-state index contributed by atoms with van der Waals surface area (Å²) in [5.74, 6) is -0.413. The van der Waals surface area contributed by atoms with Crippen molar-refractivity contribution in [3.63, 3.8) is 0 Å². The molecule has 10 nitrogen and oxygen atoms in total. The fourth-order valence-corrected chi connectivity index (χ4v) is 3.74. The van der Waals surface area contributed by atoms with E-state index in [0.717, 1.165) is 25.7 Å². The van der Waals surface area contributed by atoms with Crippen LogP contribution in [0.15, 0.2) is 4.42 Å². The summed E-state index contributed by atoms with van der Waals surface area (Å²) in [5, 5.41) is 10.0. The lowest BCUT2D eigenvalue weighted by Crippen LogP contribution is -2.46. The van der Waals surface area contributed by atoms with Gasteiger partial charge in [0.2, 0.25) is 11.7 Å². The summed E-state index contributed by atoms with van der Waals surface area (Å²) in [4.78, 5) is 39.1. The smallest absolute Gasteiger partial charge is 0.410 e. The summed E-state index contributed by atoms with van der Waals surface area (Å²) in [6.07, 6.45) is 4.97. The maximum Gasteiger partial charge on any atom is 0.410 e. The number of Topliss-reactive ketones (excluding diaryl/α,β-unsaturated/α-hetero) is 1. The van der Waals surface area contributed by atoms with Gasteiger partial charge < -0.3 is 24.1 Å². The van der Waals surface area contributed by atoms with Crippen molar-refractivity contribution in [2.24, 2.45) is 5.92 Å². The quantitative estimate of drug-likeness (QED) is 0.628. The summed E-state index contributed by atoms with van der Waals surface area (Å²) < 4.78 is 16.1. The topological polar surface area (TPSA) is 124 Å². The van der Waals surface area contributed by atoms with Crippen LogP contribution in [0.1, 0.15) is 62.0 Å². The third-order valence-electron chi connectivity index (χ3n) is 5.51. The van der Waals surface area contributed by atoms with Crippen LogP contribution in [-0.4, -0.2) is 71.8 Å². The number of nitrogens with zero attached hydrogens (tertiary/aromatic N) is 3. The minimum Gasteiger partial charge on any atom is -0.436 e. The molecule has 2 fully saturated rings. The van der Waals surface area contributed by atoms with Crippen molar-refractivity contribution in [1.82, 2.24) is 20.4 Å². The number of carbonyl (C=O) groups excluding carboxylic acids is 3. The van der Waals surface area contributed by atoms with Gasteiger partial charge in [0, 0.05) is 19.5 Å². The minimum absolute atomic E-state index is 0.138. The summed E-state index contributed by atoms with van der Waals surface area (Å²) >= 11 is 0. The van der Waals surface area contributed by atoms with Gasteiger partial charge in [-0.05, 0) is 12.3 Å². The van der Waals surface area contributed by atoms with Gasteiger partial charge >= 0.3 is 6.09 Å². The van der Waals surface area contributed by atoms with Gasteiger partial charge in [0.1, 0.15) is 0 Å². The largest absolute Gasteiger partial charge is 0.436 e. The van der Waals surface area contributed by atoms with Crippen LogP contribution in [0.5, 0.6) is 0 Å². The van der Waals surface area contributed by atoms with E-state index in [-0.39, 0.29) is 12.4 Å². The SMILES string of the molecule is CCc1nnc(C(=O)CNC(=O)C(CC2CCCCC2)OC(=O)N2CCOCC2)o1. The van der Waals surface area contributed by atoms with E-state index in [1.54, 1.807) is 4.90 Å². The van der Waals surface area contributed by atoms with Crippen LogP contribution < -0.4 is 5.32 Å². The number of rotatable bonds is 8. The first-order valence-electron chi connectivity index (χ1n) is 10.7. The molecule has 10 heteroatoms. The van der Waals surface area contributed by atoms with Crippen molar-refractivity contribution in [3.05, 3.63) is 11.8 Å². The van der Waals surface area contributed by atoms with Crippen LogP contribution >= 0.6 is 0 Å². The molecule has 2 aliphatic rings. The van der Waals surface area contributed by atoms with Gasteiger partial charge in [0.25, 0.3) is 11.8 Å². The Morgan fingerprint density at radius 3 is 2.57 bits per heavy atom. The van der Waals surface area contributed by atoms with E-state index in [0.29, 0.717) is 51.0 Å². The number of hydrogen-bond donors (Lipinski definition) is 1. The predicted molar refractivity (Wildman–Crippen MR) is 105 cm³/mol. The maximum atomic E-state index is 12.8. The van der Waals surface area contributed by atoms with Gasteiger partial charge in [-0.25, -0.2) is 4.79 Å². The maximum absolute atomic E-state index is 12.8. The molecule has 2 heterocycles. The fourth-order valence-electron chi connectivity index (χ4n) is 3.74. The molecular formula is C20H30N4O6. The molecule has 1 atom stereocenters. The molecule has 0 bridgehead atoms. The zero-order chi connectivity index (χ0) is 21.3. The van der Waals surface area contributed by atoms with Crippen molar-refractivity contribution < 1.29 is 28.3 Å². The number of ether oxygens (including phenoxy) is 2. The van der Waals surface area contributed by atoms with E-state index in [2.05, 4.69) is 15.5 Å². The highest BCUT2D eigenvalue weighted by Gasteiger charge is 2.30. The van der Waals surface area contributed by atoms with Gasteiger partial charge in [-0.15, -0.1) is 10.2 Å². The average Bonchev–Trinajstić information content (AvgIpc) is 3.27. The standard InChI is InChI=1S/C20H30N4O6/c1-2-17-22-23-19(30-17)15(25)13-21-18(26)16(12-14-6-4-3-5-7-14)29-20(27)24-8-10-28-11-9-24/h14,16H,2-13H2,1H3,(H,21,26). The second kappa shape index (κ2) is 11.1. The first-order chi connectivity index (χ1) is 14.6. The Labute approximate surface area is 175 Å². The third-order valence-corrected chi connectivity index (χ3v) is 5.51. The molecule has 1 saturated carbocycles. The highest BCUT2D eigenvalue weighted by atomic mass is 16.6. The Morgan fingerprint density at radius 2 is 1.90 bits per heavy atom. The lowest BCUT2D eigenvalue weighted by molar-refractivity contribution is -0.131. The number of morpholine rings is 1. The van der Waals surface area contributed by atoms with E-state index in [9.17, 15) is 14.4 Å². The summed E-state index contributed by atoms with van der Waals surface area (Å²) in [5.41, 5.74) is 0. The molecule has 1 aromatic heterocycles. The molecular weight excluding hydrogens is 392 g/mol. The van der Waals surface area contributed by atoms with E-state index < -0.39 is 23.9 Å². The van der Waals surface area contributed by atoms with Crippen molar-refractivity contribution >= 4 is 17.8 Å². The number of aryl methyl sites for hydroxylation is 1. The molecule has 1 aliphatic heterocycles. The van der Waals surface area contributed by atoms with Crippen LogP contribution in [0.2, 0.25) is 0 Å². The van der Waals surface area contributed by atoms with E-state index >= 15 is 0 Å². The Morgan fingerprint density at radius 1 is 1.17 bits per heavy atom. The third kappa shape index (κ3) is 6.25. The van der Waals surface area contributed by atoms with Crippen LogP contribution in [0.4, 0.5) is 4.79 Å². The molecule has 1 aromatic rings. The number of hydrogen-bond acceptors (Lipinski definition) is 8. The molecule has 1 aliphatic carbocycles. The second-order valence-electron chi connectivity index (χ2n) is 7.71. The Kier molecular flexibility index (Phi) is 8.18. The number of amides is 2. The fraction of sp³-hybridized carbons (Fsp3) is 0.750. The van der Waals surface area contributed by atoms with Crippen LogP contribution in [0, 0.1) is 5.92 Å². The van der Waals surface area contributed by atoms with Gasteiger partial charge in [-0.3, -0.25) is 9.59 Å². The predicted octanol–water partition coefficient (Wildman–Crippen LogP) is 1.74. The number of nitrogens with one attached hydrogen (secondary N) is 1. The average molecular weight is 422 g/mol. The Bertz CT molecular complexity index is 725. The second-order valence-corrected chi connectivity index (χ2v) is 7.71. The highest BCUT2D eigenvalue weighted by Crippen LogP contribution is 2.28. The van der Waals surface area contributed by atoms with Crippen molar-refractivity contribution in [2.75, 3.05) is 32.8 Å². The van der Waals surface area contributed by atoms with Crippen molar-refractivity contribution in [2.45, 2.75) is 58.0 Å². The van der Waals surface area contributed by atoms with Gasteiger partial charge in [0.05, 0.1) is 19.8 Å². The van der Waals surface area contributed by atoms with E-state index in [1.807, 2.05) is 6.92 Å². The van der Waals surface area contributed by atoms with Gasteiger partial charge in [-0.1, -0.05) is 39.0 Å². The lowest BCUT2D eigenvalue weighted by Gasteiger charge is -2.30.